The molecule has 1 unspecified atom stereocenters. The van der Waals surface area contributed by atoms with Gasteiger partial charge in [0.05, 0.1) is 13.2 Å². The van der Waals surface area contributed by atoms with Crippen molar-refractivity contribution in [3.8, 4) is 28.5 Å². The van der Waals surface area contributed by atoms with Crippen LogP contribution in [0.4, 0.5) is 0 Å². The summed E-state index contributed by atoms with van der Waals surface area (Å²) in [6.07, 6.45) is 0.677. The van der Waals surface area contributed by atoms with E-state index < -0.39 is 6.04 Å². The molecule has 1 atom stereocenters. The van der Waals surface area contributed by atoms with Gasteiger partial charge in [-0.25, -0.2) is 0 Å². The lowest BCUT2D eigenvalue weighted by Gasteiger charge is -2.27. The van der Waals surface area contributed by atoms with E-state index in [0.717, 1.165) is 27.8 Å². The van der Waals surface area contributed by atoms with Crippen LogP contribution in [0.2, 0.25) is 0 Å². The number of aryl methyl sites for hydroxylation is 2. The number of benzene rings is 3. The molecule has 5 rings (SSSR count). The van der Waals surface area contributed by atoms with Gasteiger partial charge in [0.1, 0.15) is 23.7 Å². The molecule has 0 spiro atoms. The highest BCUT2D eigenvalue weighted by atomic mass is 16.5. The average molecular weight is 528 g/mol. The number of hydrogen-bond acceptors (Lipinski definition) is 6. The highest BCUT2D eigenvalue weighted by Crippen LogP contribution is 2.46. The van der Waals surface area contributed by atoms with Crippen molar-refractivity contribution in [1.82, 2.24) is 15.1 Å². The molecule has 0 aliphatic carbocycles. The third-order valence-electron chi connectivity index (χ3n) is 7.05. The van der Waals surface area contributed by atoms with Gasteiger partial charge in [-0.3, -0.25) is 9.89 Å². The second-order valence-electron chi connectivity index (χ2n) is 9.77. The maximum atomic E-state index is 13.6. The summed E-state index contributed by atoms with van der Waals surface area (Å²) in [6.45, 7) is 5.26. The number of fused-ring (bicyclic) bond motifs is 1. The summed E-state index contributed by atoms with van der Waals surface area (Å²) in [7, 11) is 3.25. The lowest BCUT2D eigenvalue weighted by molar-refractivity contribution is 0.0723. The predicted molar refractivity (Wildman–Crippen MR) is 148 cm³/mol. The van der Waals surface area contributed by atoms with E-state index in [2.05, 4.69) is 10.2 Å². The molecule has 0 bridgehead atoms. The molecule has 0 fully saturated rings. The molecule has 202 valence electrons. The topological polar surface area (TPSA) is 96.9 Å². The zero-order valence-corrected chi connectivity index (χ0v) is 22.7. The Labute approximate surface area is 228 Å². The van der Waals surface area contributed by atoms with Gasteiger partial charge in [-0.15, -0.1) is 0 Å². The third kappa shape index (κ3) is 5.07. The molecule has 0 radical (unpaired) electrons. The van der Waals surface area contributed by atoms with E-state index >= 15 is 0 Å². The molecule has 1 amide bonds. The molecule has 4 aromatic rings. The maximum Gasteiger partial charge on any atom is 0.273 e. The Hall–Kier alpha value is -4.30. The van der Waals surface area contributed by atoms with Gasteiger partial charge in [0.2, 0.25) is 0 Å². The fraction of sp³-hybridized carbons (Fsp3) is 0.290. The zero-order valence-electron chi connectivity index (χ0n) is 22.7. The van der Waals surface area contributed by atoms with Crippen LogP contribution in [0.15, 0.2) is 60.7 Å². The van der Waals surface area contributed by atoms with Crippen LogP contribution in [0.25, 0.3) is 11.3 Å². The molecular weight excluding hydrogens is 494 g/mol. The van der Waals surface area contributed by atoms with Crippen molar-refractivity contribution in [3.63, 3.8) is 0 Å². The molecule has 1 aliphatic heterocycles. The minimum atomic E-state index is -0.435. The fourth-order valence-corrected chi connectivity index (χ4v) is 5.21. The molecule has 3 aromatic carbocycles. The Kier molecular flexibility index (Phi) is 7.56. The van der Waals surface area contributed by atoms with Gasteiger partial charge in [-0.05, 0) is 60.7 Å². The number of carbonyl (C=O) groups is 1. The van der Waals surface area contributed by atoms with Crippen molar-refractivity contribution in [3.05, 3.63) is 94.2 Å². The summed E-state index contributed by atoms with van der Waals surface area (Å²) in [5.74, 6) is 1.19. The Morgan fingerprint density at radius 2 is 1.82 bits per heavy atom. The van der Waals surface area contributed by atoms with Crippen LogP contribution < -0.4 is 9.47 Å². The molecular formula is C31H33N3O5. The number of hydrogen-bond donors (Lipinski definition) is 2. The van der Waals surface area contributed by atoms with Gasteiger partial charge in [0, 0.05) is 31.4 Å². The van der Waals surface area contributed by atoms with Crippen molar-refractivity contribution in [2.75, 3.05) is 27.4 Å². The molecule has 1 aliphatic rings. The first-order valence-electron chi connectivity index (χ1n) is 13.0. The molecule has 8 nitrogen and oxygen atoms in total. The third-order valence-corrected chi connectivity index (χ3v) is 7.05. The van der Waals surface area contributed by atoms with Crippen molar-refractivity contribution in [2.24, 2.45) is 0 Å². The number of H-pyrrole nitrogens is 1. The first-order chi connectivity index (χ1) is 18.9. The SMILES string of the molecule is COCCCN1C(=O)c2[nH]nc(-c3cc(C)cc(C)c3O)c2C1c1ccc(OCc2ccccc2)c(OC)c1. The number of phenolic OH excluding ortho intramolecular Hbond substituents is 1. The molecule has 1 aromatic heterocycles. The van der Waals surface area contributed by atoms with Gasteiger partial charge in [-0.1, -0.05) is 42.5 Å². The molecule has 0 saturated heterocycles. The van der Waals surface area contributed by atoms with Crippen molar-refractivity contribution in [1.29, 1.82) is 0 Å². The van der Waals surface area contributed by atoms with Crippen LogP contribution >= 0.6 is 0 Å². The number of aromatic hydroxyl groups is 1. The quantitative estimate of drug-likeness (QED) is 0.262. The van der Waals surface area contributed by atoms with Crippen LogP contribution in [-0.2, 0) is 11.3 Å². The van der Waals surface area contributed by atoms with Gasteiger partial charge in [0.15, 0.2) is 11.5 Å². The number of carbonyl (C=O) groups excluding carboxylic acids is 1. The monoisotopic (exact) mass is 527 g/mol. The Morgan fingerprint density at radius 1 is 1.03 bits per heavy atom. The Balaban J connectivity index is 1.57. The van der Waals surface area contributed by atoms with Gasteiger partial charge >= 0.3 is 0 Å². The Bertz CT molecular complexity index is 1480. The van der Waals surface area contributed by atoms with Crippen molar-refractivity contribution >= 4 is 5.91 Å². The van der Waals surface area contributed by atoms with Crippen LogP contribution in [0, 0.1) is 13.8 Å². The highest BCUT2D eigenvalue weighted by Gasteiger charge is 2.42. The number of amides is 1. The van der Waals surface area contributed by atoms with Gasteiger partial charge < -0.3 is 24.2 Å². The number of aromatic nitrogens is 2. The van der Waals surface area contributed by atoms with E-state index in [4.69, 9.17) is 14.2 Å². The number of ether oxygens (including phenoxy) is 3. The number of nitrogens with one attached hydrogen (secondary N) is 1. The lowest BCUT2D eigenvalue weighted by atomic mass is 9.94. The van der Waals surface area contributed by atoms with Crippen LogP contribution in [0.3, 0.4) is 0 Å². The minimum absolute atomic E-state index is 0.142. The second-order valence-corrected chi connectivity index (χ2v) is 9.77. The molecule has 8 heteroatoms. The number of aromatic amines is 1. The highest BCUT2D eigenvalue weighted by molar-refractivity contribution is 6.00. The molecule has 2 heterocycles. The van der Waals surface area contributed by atoms with Gasteiger partial charge in [-0.2, -0.15) is 5.10 Å². The number of phenols is 1. The van der Waals surface area contributed by atoms with E-state index in [9.17, 15) is 9.90 Å². The predicted octanol–water partition coefficient (Wildman–Crippen LogP) is 5.57. The van der Waals surface area contributed by atoms with Crippen molar-refractivity contribution in [2.45, 2.75) is 32.9 Å². The zero-order chi connectivity index (χ0) is 27.5. The van der Waals surface area contributed by atoms with Gasteiger partial charge in [0.25, 0.3) is 5.91 Å². The average Bonchev–Trinajstić information content (AvgIpc) is 3.49. The molecule has 39 heavy (non-hydrogen) atoms. The van der Waals surface area contributed by atoms with E-state index in [1.165, 1.54) is 0 Å². The van der Waals surface area contributed by atoms with E-state index in [1.807, 2.05) is 79.4 Å². The minimum Gasteiger partial charge on any atom is -0.507 e. The standard InChI is InChI=1S/C31H33N3O5/c1-19-15-20(2)30(35)23(16-19)27-26-28(33-32-27)31(36)34(13-8-14-37-3)29(26)22-11-12-24(25(17-22)38-4)39-18-21-9-6-5-7-10-21/h5-7,9-12,15-17,29,35H,8,13-14,18H2,1-4H3,(H,32,33). The van der Waals surface area contributed by atoms with Crippen LogP contribution in [0.1, 0.15) is 50.8 Å². The van der Waals surface area contributed by atoms with E-state index in [-0.39, 0.29) is 11.7 Å². The lowest BCUT2D eigenvalue weighted by Crippen LogP contribution is -2.31. The molecule has 2 N–H and O–H groups in total. The first-order valence-corrected chi connectivity index (χ1v) is 13.0. The second kappa shape index (κ2) is 11.2. The Morgan fingerprint density at radius 3 is 2.56 bits per heavy atom. The summed E-state index contributed by atoms with van der Waals surface area (Å²) < 4.78 is 17.1. The molecule has 0 saturated carbocycles. The van der Waals surface area contributed by atoms with E-state index in [0.29, 0.717) is 54.6 Å². The van der Waals surface area contributed by atoms with E-state index in [1.54, 1.807) is 14.2 Å². The summed E-state index contributed by atoms with van der Waals surface area (Å²) in [5, 5.41) is 18.4. The van der Waals surface area contributed by atoms with Crippen LogP contribution in [0.5, 0.6) is 17.2 Å². The largest absolute Gasteiger partial charge is 0.507 e. The van der Waals surface area contributed by atoms with Crippen molar-refractivity contribution < 1.29 is 24.1 Å². The summed E-state index contributed by atoms with van der Waals surface area (Å²) in [5.41, 5.74) is 5.97. The number of methoxy groups -OCH3 is 2. The number of rotatable bonds is 10. The van der Waals surface area contributed by atoms with Crippen LogP contribution in [-0.4, -0.2) is 53.5 Å². The summed E-state index contributed by atoms with van der Waals surface area (Å²) in [4.78, 5) is 15.4. The summed E-state index contributed by atoms with van der Waals surface area (Å²) in [6, 6.07) is 19.1. The fourth-order valence-electron chi connectivity index (χ4n) is 5.21. The normalized spacial score (nSPS) is 14.5. The number of nitrogens with zero attached hydrogens (tertiary/aromatic N) is 2. The maximum absolute atomic E-state index is 13.6. The first kappa shape index (κ1) is 26.3. The smallest absolute Gasteiger partial charge is 0.273 e. The summed E-state index contributed by atoms with van der Waals surface area (Å²) >= 11 is 0.